The van der Waals surface area contributed by atoms with E-state index in [1.165, 1.54) is 18.9 Å². The van der Waals surface area contributed by atoms with E-state index in [2.05, 4.69) is 21.9 Å². The number of hydrogen-bond acceptors (Lipinski definition) is 4. The summed E-state index contributed by atoms with van der Waals surface area (Å²) in [6.07, 6.45) is 2.58. The number of hydrogen-bond donors (Lipinski definition) is 1. The van der Waals surface area contributed by atoms with Gasteiger partial charge in [0, 0.05) is 18.5 Å². The lowest BCUT2D eigenvalue weighted by atomic mass is 10.2. The highest BCUT2D eigenvalue weighted by Gasteiger charge is 2.25. The fourth-order valence-electron chi connectivity index (χ4n) is 1.79. The lowest BCUT2D eigenvalue weighted by Crippen LogP contribution is -2.26. The zero-order valence-corrected chi connectivity index (χ0v) is 11.3. The molecule has 1 heterocycles. The van der Waals surface area contributed by atoms with Crippen molar-refractivity contribution < 1.29 is 4.74 Å². The molecule has 0 atom stereocenters. The maximum Gasteiger partial charge on any atom is 0.254 e. The van der Waals surface area contributed by atoms with E-state index in [0.717, 1.165) is 12.6 Å². The Hall–Kier alpha value is -1.36. The van der Waals surface area contributed by atoms with E-state index in [0.29, 0.717) is 18.3 Å². The molecule has 1 aromatic rings. The maximum absolute atomic E-state index is 11.4. The molecule has 1 aliphatic rings. The molecule has 0 radical (unpaired) electrons. The van der Waals surface area contributed by atoms with Gasteiger partial charge in [0.2, 0.25) is 5.88 Å². The van der Waals surface area contributed by atoms with Gasteiger partial charge in [0.1, 0.15) is 12.4 Å². The lowest BCUT2D eigenvalue weighted by molar-refractivity contribution is 0.225. The maximum atomic E-state index is 11.4. The molecule has 0 aromatic carbocycles. The molecule has 18 heavy (non-hydrogen) atoms. The van der Waals surface area contributed by atoms with Gasteiger partial charge in [-0.15, -0.1) is 0 Å². The zero-order valence-electron chi connectivity index (χ0n) is 11.3. The van der Waals surface area contributed by atoms with Gasteiger partial charge < -0.3 is 14.6 Å². The lowest BCUT2D eigenvalue weighted by Gasteiger charge is -2.15. The standard InChI is InChI=1S/C13H21N3O2/c1-9(2)13-14-11(17)8-12(15-13)18-7-6-16(3)10-4-5-10/h8-10H,4-7H2,1-3H3,(H,14,15,17). The van der Waals surface area contributed by atoms with Crippen LogP contribution >= 0.6 is 0 Å². The number of rotatable bonds is 6. The highest BCUT2D eigenvalue weighted by molar-refractivity contribution is 5.10. The first-order valence-electron chi connectivity index (χ1n) is 6.50. The van der Waals surface area contributed by atoms with Crippen molar-refractivity contribution in [2.24, 2.45) is 0 Å². The minimum Gasteiger partial charge on any atom is -0.476 e. The van der Waals surface area contributed by atoms with E-state index in [-0.39, 0.29) is 11.5 Å². The highest BCUT2D eigenvalue weighted by Crippen LogP contribution is 2.24. The number of H-pyrrole nitrogens is 1. The van der Waals surface area contributed by atoms with Crippen LogP contribution in [0.2, 0.25) is 0 Å². The molecule has 0 unspecified atom stereocenters. The number of aromatic nitrogens is 2. The van der Waals surface area contributed by atoms with E-state index >= 15 is 0 Å². The topological polar surface area (TPSA) is 58.2 Å². The van der Waals surface area contributed by atoms with Gasteiger partial charge in [-0.2, -0.15) is 4.98 Å². The summed E-state index contributed by atoms with van der Waals surface area (Å²) in [7, 11) is 2.10. The van der Waals surface area contributed by atoms with Crippen molar-refractivity contribution in [1.82, 2.24) is 14.9 Å². The Kier molecular flexibility index (Phi) is 4.01. The fraction of sp³-hybridized carbons (Fsp3) is 0.692. The first kappa shape index (κ1) is 13.1. The van der Waals surface area contributed by atoms with E-state index in [1.54, 1.807) is 0 Å². The van der Waals surface area contributed by atoms with Gasteiger partial charge in [0.05, 0.1) is 6.07 Å². The molecular weight excluding hydrogens is 230 g/mol. The van der Waals surface area contributed by atoms with Crippen molar-refractivity contribution in [2.75, 3.05) is 20.2 Å². The molecule has 0 amide bonds. The molecule has 0 spiro atoms. The second kappa shape index (κ2) is 5.52. The molecule has 2 rings (SSSR count). The van der Waals surface area contributed by atoms with Crippen LogP contribution in [0.1, 0.15) is 38.4 Å². The van der Waals surface area contributed by atoms with Gasteiger partial charge in [-0.1, -0.05) is 13.8 Å². The summed E-state index contributed by atoms with van der Waals surface area (Å²) in [5.74, 6) is 1.29. The molecule has 5 heteroatoms. The number of nitrogens with one attached hydrogen (secondary N) is 1. The van der Waals surface area contributed by atoms with E-state index < -0.39 is 0 Å². The fourth-order valence-corrected chi connectivity index (χ4v) is 1.79. The minimum atomic E-state index is -0.153. The average Bonchev–Trinajstić information content (AvgIpc) is 3.11. The second-order valence-corrected chi connectivity index (χ2v) is 5.18. The van der Waals surface area contributed by atoms with Crippen LogP contribution in [-0.2, 0) is 0 Å². The number of nitrogens with zero attached hydrogens (tertiary/aromatic N) is 2. The monoisotopic (exact) mass is 251 g/mol. The van der Waals surface area contributed by atoms with E-state index in [1.807, 2.05) is 13.8 Å². The summed E-state index contributed by atoms with van der Waals surface area (Å²) in [5.41, 5.74) is -0.153. The molecule has 1 aromatic heterocycles. The number of ether oxygens (including phenoxy) is 1. The Morgan fingerprint density at radius 1 is 1.56 bits per heavy atom. The molecular formula is C13H21N3O2. The van der Waals surface area contributed by atoms with Crippen LogP contribution in [-0.4, -0.2) is 41.1 Å². The van der Waals surface area contributed by atoms with Gasteiger partial charge in [0.25, 0.3) is 5.56 Å². The molecule has 1 fully saturated rings. The van der Waals surface area contributed by atoms with Crippen molar-refractivity contribution in [1.29, 1.82) is 0 Å². The number of aromatic amines is 1. The van der Waals surface area contributed by atoms with Crippen LogP contribution in [0, 0.1) is 0 Å². The largest absolute Gasteiger partial charge is 0.476 e. The third-order valence-electron chi connectivity index (χ3n) is 3.15. The van der Waals surface area contributed by atoms with Gasteiger partial charge in [-0.25, -0.2) is 0 Å². The Morgan fingerprint density at radius 3 is 2.89 bits per heavy atom. The summed E-state index contributed by atoms with van der Waals surface area (Å²) in [5, 5.41) is 0. The second-order valence-electron chi connectivity index (χ2n) is 5.18. The molecule has 0 saturated heterocycles. The van der Waals surface area contributed by atoms with E-state index in [9.17, 15) is 4.79 Å². The quantitative estimate of drug-likeness (QED) is 0.829. The molecule has 1 saturated carbocycles. The molecule has 0 bridgehead atoms. The van der Waals surface area contributed by atoms with Crippen molar-refractivity contribution in [3.8, 4) is 5.88 Å². The summed E-state index contributed by atoms with van der Waals surface area (Å²) in [6.45, 7) is 5.42. The Balaban J connectivity index is 1.89. The zero-order chi connectivity index (χ0) is 13.1. The van der Waals surface area contributed by atoms with E-state index in [4.69, 9.17) is 4.74 Å². The van der Waals surface area contributed by atoms with Crippen LogP contribution in [0.4, 0.5) is 0 Å². The predicted octanol–water partition coefficient (Wildman–Crippen LogP) is 1.37. The third kappa shape index (κ3) is 3.57. The summed E-state index contributed by atoms with van der Waals surface area (Å²) >= 11 is 0. The van der Waals surface area contributed by atoms with Crippen molar-refractivity contribution in [3.63, 3.8) is 0 Å². The molecule has 0 aliphatic heterocycles. The summed E-state index contributed by atoms with van der Waals surface area (Å²) in [4.78, 5) is 20.7. The van der Waals surface area contributed by atoms with Crippen LogP contribution in [0.3, 0.4) is 0 Å². The van der Waals surface area contributed by atoms with Gasteiger partial charge >= 0.3 is 0 Å². The van der Waals surface area contributed by atoms with Crippen LogP contribution in [0.5, 0.6) is 5.88 Å². The van der Waals surface area contributed by atoms with Gasteiger partial charge in [-0.05, 0) is 19.9 Å². The summed E-state index contributed by atoms with van der Waals surface area (Å²) < 4.78 is 5.55. The first-order chi connectivity index (χ1) is 8.56. The molecule has 1 N–H and O–H groups in total. The normalized spacial score (nSPS) is 15.4. The third-order valence-corrected chi connectivity index (χ3v) is 3.15. The SMILES string of the molecule is CC(C)c1nc(OCCN(C)C2CC2)cc(=O)[nH]1. The molecule has 5 nitrogen and oxygen atoms in total. The molecule has 1 aliphatic carbocycles. The number of likely N-dealkylation sites (N-methyl/N-ethyl adjacent to an activating group) is 1. The predicted molar refractivity (Wildman–Crippen MR) is 70.1 cm³/mol. The minimum absolute atomic E-state index is 0.153. The summed E-state index contributed by atoms with van der Waals surface area (Å²) in [6, 6.07) is 2.13. The molecule has 100 valence electrons. The van der Waals surface area contributed by atoms with Gasteiger partial charge in [0.15, 0.2) is 0 Å². The van der Waals surface area contributed by atoms with Crippen molar-refractivity contribution in [3.05, 3.63) is 22.2 Å². The average molecular weight is 251 g/mol. The Morgan fingerprint density at radius 2 is 2.28 bits per heavy atom. The smallest absolute Gasteiger partial charge is 0.254 e. The van der Waals surface area contributed by atoms with Crippen molar-refractivity contribution >= 4 is 0 Å². The Labute approximate surface area is 107 Å². The van der Waals surface area contributed by atoms with Crippen LogP contribution in [0.15, 0.2) is 10.9 Å². The first-order valence-corrected chi connectivity index (χ1v) is 6.50. The van der Waals surface area contributed by atoms with Crippen molar-refractivity contribution in [2.45, 2.75) is 38.6 Å². The van der Waals surface area contributed by atoms with Crippen LogP contribution < -0.4 is 10.3 Å². The van der Waals surface area contributed by atoms with Gasteiger partial charge in [-0.3, -0.25) is 4.79 Å². The van der Waals surface area contributed by atoms with Crippen LogP contribution in [0.25, 0.3) is 0 Å². The Bertz CT molecular complexity index is 452. The highest BCUT2D eigenvalue weighted by atomic mass is 16.5.